The maximum Gasteiger partial charge on any atom is 0.390 e. The van der Waals surface area contributed by atoms with E-state index in [1.54, 1.807) is 17.5 Å². The number of fused-ring (bicyclic) bond motifs is 1. The van der Waals surface area contributed by atoms with Crippen molar-refractivity contribution in [2.45, 2.75) is 18.0 Å². The average Bonchev–Trinajstić information content (AvgIpc) is 2.60. The van der Waals surface area contributed by atoms with Crippen molar-refractivity contribution in [3.63, 3.8) is 0 Å². The first-order chi connectivity index (χ1) is 7.88. The van der Waals surface area contributed by atoms with Gasteiger partial charge in [0.1, 0.15) is 0 Å². The van der Waals surface area contributed by atoms with Crippen LogP contribution >= 0.6 is 38.9 Å². The molecule has 17 heavy (non-hydrogen) atoms. The molecule has 1 heterocycles. The van der Waals surface area contributed by atoms with Crippen LogP contribution in [0.2, 0.25) is 0 Å². The van der Waals surface area contributed by atoms with Gasteiger partial charge < -0.3 is 0 Å². The molecule has 0 fully saturated rings. The summed E-state index contributed by atoms with van der Waals surface area (Å²) < 4.78 is 38.7. The molecule has 0 amide bonds. The fourth-order valence-electron chi connectivity index (χ4n) is 1.60. The molecule has 0 aliphatic rings. The summed E-state index contributed by atoms with van der Waals surface area (Å²) in [5.41, 5.74) is 0.547. The van der Waals surface area contributed by atoms with Gasteiger partial charge in [0.2, 0.25) is 0 Å². The first-order valence-electron chi connectivity index (χ1n) is 4.75. The van der Waals surface area contributed by atoms with E-state index in [1.165, 1.54) is 11.3 Å². The highest BCUT2D eigenvalue weighted by Gasteiger charge is 2.32. The van der Waals surface area contributed by atoms with Crippen molar-refractivity contribution in [2.24, 2.45) is 0 Å². The number of hydrogen-bond donors (Lipinski definition) is 0. The number of halogens is 5. The topological polar surface area (TPSA) is 0 Å². The monoisotopic (exact) mass is 342 g/mol. The minimum atomic E-state index is -4.24. The van der Waals surface area contributed by atoms with Crippen LogP contribution in [0.25, 0.3) is 10.1 Å². The van der Waals surface area contributed by atoms with Crippen molar-refractivity contribution in [3.05, 3.63) is 33.6 Å². The Bertz CT molecular complexity index is 535. The highest BCUT2D eigenvalue weighted by Crippen LogP contribution is 2.41. The molecular weight excluding hydrogens is 337 g/mol. The fraction of sp³-hybridized carbons (Fsp3) is 0.273. The lowest BCUT2D eigenvalue weighted by atomic mass is 10.1. The van der Waals surface area contributed by atoms with Gasteiger partial charge in [-0.1, -0.05) is 12.1 Å². The Kier molecular flexibility index (Phi) is 3.71. The molecule has 0 aliphatic carbocycles. The molecule has 0 aliphatic heterocycles. The molecule has 0 saturated heterocycles. The smallest absolute Gasteiger partial charge is 0.171 e. The third-order valence-electron chi connectivity index (χ3n) is 2.33. The zero-order valence-electron chi connectivity index (χ0n) is 8.39. The highest BCUT2D eigenvalue weighted by atomic mass is 79.9. The van der Waals surface area contributed by atoms with Gasteiger partial charge in [0.05, 0.1) is 11.8 Å². The van der Waals surface area contributed by atoms with E-state index in [0.29, 0.717) is 5.56 Å². The van der Waals surface area contributed by atoms with E-state index in [1.807, 2.05) is 6.07 Å². The Hall–Kier alpha value is -0.260. The van der Waals surface area contributed by atoms with Gasteiger partial charge in [-0.2, -0.15) is 13.2 Å². The van der Waals surface area contributed by atoms with Gasteiger partial charge in [-0.3, -0.25) is 0 Å². The van der Waals surface area contributed by atoms with Gasteiger partial charge in [-0.25, -0.2) is 0 Å². The molecule has 1 unspecified atom stereocenters. The first kappa shape index (κ1) is 13.2. The minimum absolute atomic E-state index is 0.547. The SMILES string of the molecule is FC(F)(F)CC(Cl)c1csc2c(Br)cccc12. The van der Waals surface area contributed by atoms with Crippen molar-refractivity contribution < 1.29 is 13.2 Å². The van der Waals surface area contributed by atoms with Crippen molar-refractivity contribution in [2.75, 3.05) is 0 Å². The lowest BCUT2D eigenvalue weighted by Gasteiger charge is -2.11. The van der Waals surface area contributed by atoms with Crippen LogP contribution in [0, 0.1) is 0 Å². The lowest BCUT2D eigenvalue weighted by molar-refractivity contribution is -0.134. The summed E-state index contributed by atoms with van der Waals surface area (Å²) in [7, 11) is 0. The van der Waals surface area contributed by atoms with Crippen LogP contribution in [-0.4, -0.2) is 6.18 Å². The summed E-state index contributed by atoms with van der Waals surface area (Å²) >= 11 is 10.6. The van der Waals surface area contributed by atoms with Gasteiger partial charge in [-0.15, -0.1) is 22.9 Å². The van der Waals surface area contributed by atoms with Gasteiger partial charge in [0.25, 0.3) is 0 Å². The summed E-state index contributed by atoms with van der Waals surface area (Å²) in [5, 5.41) is 1.45. The Labute approximate surface area is 114 Å². The van der Waals surface area contributed by atoms with E-state index in [-0.39, 0.29) is 0 Å². The zero-order chi connectivity index (χ0) is 12.6. The number of alkyl halides is 4. The van der Waals surface area contributed by atoms with Crippen LogP contribution < -0.4 is 0 Å². The quantitative estimate of drug-likeness (QED) is 0.596. The molecule has 1 atom stereocenters. The summed E-state index contributed by atoms with van der Waals surface area (Å²) in [6.07, 6.45) is -5.25. The summed E-state index contributed by atoms with van der Waals surface area (Å²) in [6.45, 7) is 0. The van der Waals surface area contributed by atoms with Gasteiger partial charge in [0, 0.05) is 9.17 Å². The molecule has 1 aromatic carbocycles. The number of rotatable bonds is 2. The first-order valence-corrected chi connectivity index (χ1v) is 6.86. The molecule has 92 valence electrons. The second kappa shape index (κ2) is 4.78. The molecule has 2 rings (SSSR count). The van der Waals surface area contributed by atoms with E-state index >= 15 is 0 Å². The van der Waals surface area contributed by atoms with Crippen molar-refractivity contribution in [1.29, 1.82) is 0 Å². The highest BCUT2D eigenvalue weighted by molar-refractivity contribution is 9.10. The van der Waals surface area contributed by atoms with E-state index in [0.717, 1.165) is 14.6 Å². The number of thiophene rings is 1. The van der Waals surface area contributed by atoms with Gasteiger partial charge in [-0.05, 0) is 38.3 Å². The Morgan fingerprint density at radius 2 is 2.06 bits per heavy atom. The maximum absolute atomic E-state index is 12.3. The molecule has 0 N–H and O–H groups in total. The molecule has 0 spiro atoms. The molecule has 0 nitrogen and oxygen atoms in total. The average molecular weight is 344 g/mol. The van der Waals surface area contributed by atoms with Crippen LogP contribution in [0.1, 0.15) is 17.4 Å². The number of hydrogen-bond acceptors (Lipinski definition) is 1. The van der Waals surface area contributed by atoms with E-state index in [2.05, 4.69) is 15.9 Å². The van der Waals surface area contributed by atoms with Crippen molar-refractivity contribution in [3.8, 4) is 0 Å². The van der Waals surface area contributed by atoms with Crippen LogP contribution in [0.5, 0.6) is 0 Å². The number of benzene rings is 1. The predicted octanol–water partition coefficient (Wildman–Crippen LogP) is 5.90. The molecule has 0 saturated carbocycles. The lowest BCUT2D eigenvalue weighted by Crippen LogP contribution is -2.10. The van der Waals surface area contributed by atoms with E-state index < -0.39 is 18.0 Å². The molecule has 0 bridgehead atoms. The maximum atomic E-state index is 12.3. The predicted molar refractivity (Wildman–Crippen MR) is 68.8 cm³/mol. The normalized spacial score (nSPS) is 14.2. The molecule has 1 aromatic heterocycles. The Morgan fingerprint density at radius 1 is 1.35 bits per heavy atom. The standard InChI is InChI=1S/C11H7BrClF3S/c12-8-3-1-2-6-7(5-17-10(6)8)9(13)4-11(14,15)16/h1-3,5,9H,4H2. The van der Waals surface area contributed by atoms with Crippen LogP contribution in [0.15, 0.2) is 28.1 Å². The summed E-state index contributed by atoms with van der Waals surface area (Å²) in [4.78, 5) is 0. The second-order valence-electron chi connectivity index (χ2n) is 3.59. The van der Waals surface area contributed by atoms with Crippen LogP contribution in [0.3, 0.4) is 0 Å². The van der Waals surface area contributed by atoms with Gasteiger partial charge >= 0.3 is 6.18 Å². The zero-order valence-corrected chi connectivity index (χ0v) is 11.6. The third kappa shape index (κ3) is 2.95. The largest absolute Gasteiger partial charge is 0.390 e. The minimum Gasteiger partial charge on any atom is -0.171 e. The van der Waals surface area contributed by atoms with Crippen molar-refractivity contribution in [1.82, 2.24) is 0 Å². The van der Waals surface area contributed by atoms with Crippen LogP contribution in [0.4, 0.5) is 13.2 Å². The molecule has 6 heteroatoms. The summed E-state index contributed by atoms with van der Waals surface area (Å²) in [5.74, 6) is 0. The van der Waals surface area contributed by atoms with Gasteiger partial charge in [0.15, 0.2) is 0 Å². The van der Waals surface area contributed by atoms with Crippen LogP contribution in [-0.2, 0) is 0 Å². The Morgan fingerprint density at radius 3 is 2.71 bits per heavy atom. The Balaban J connectivity index is 2.40. The summed E-state index contributed by atoms with van der Waals surface area (Å²) in [6, 6.07) is 5.44. The third-order valence-corrected chi connectivity index (χ3v) is 4.69. The van der Waals surface area contributed by atoms with E-state index in [9.17, 15) is 13.2 Å². The molecule has 2 aromatic rings. The second-order valence-corrected chi connectivity index (χ2v) is 5.86. The van der Waals surface area contributed by atoms with E-state index in [4.69, 9.17) is 11.6 Å². The molecule has 0 radical (unpaired) electrons. The molecular formula is C11H7BrClF3S. The fourth-order valence-corrected chi connectivity index (χ4v) is 3.70. The van der Waals surface area contributed by atoms with Crippen molar-refractivity contribution >= 4 is 49.0 Å².